The van der Waals surface area contributed by atoms with Crippen LogP contribution >= 0.6 is 0 Å². The van der Waals surface area contributed by atoms with Crippen LogP contribution in [0, 0.1) is 0 Å². The minimum Gasteiger partial charge on any atom is -0.508 e. The molecule has 0 aliphatic carbocycles. The minimum atomic E-state index is -0.440. The van der Waals surface area contributed by atoms with Gasteiger partial charge in [-0.3, -0.25) is 13.9 Å². The van der Waals surface area contributed by atoms with Crippen LogP contribution in [0.25, 0.3) is 11.2 Å². The highest BCUT2D eigenvalue weighted by Gasteiger charge is 2.16. The average molecular weight is 328 g/mol. The Balaban J connectivity index is 1.99. The number of benzene rings is 1. The van der Waals surface area contributed by atoms with Crippen LogP contribution in [-0.4, -0.2) is 30.0 Å². The van der Waals surface area contributed by atoms with Gasteiger partial charge in [-0.2, -0.15) is 10.1 Å². The van der Waals surface area contributed by atoms with Crippen molar-refractivity contribution in [1.82, 2.24) is 18.7 Å². The highest BCUT2D eigenvalue weighted by molar-refractivity contribution is 5.80. The number of nitrogens with zero attached hydrogens (tertiary/aromatic N) is 5. The summed E-state index contributed by atoms with van der Waals surface area (Å²) >= 11 is 0. The Morgan fingerprint density at radius 1 is 1.08 bits per heavy atom. The van der Waals surface area contributed by atoms with Crippen molar-refractivity contribution in [2.75, 3.05) is 5.43 Å². The zero-order valence-electron chi connectivity index (χ0n) is 13.4. The van der Waals surface area contributed by atoms with Crippen LogP contribution in [0.5, 0.6) is 5.75 Å². The van der Waals surface area contributed by atoms with Crippen LogP contribution in [0.15, 0.2) is 39.0 Å². The molecule has 3 aromatic rings. The lowest BCUT2D eigenvalue weighted by Crippen LogP contribution is -2.37. The lowest BCUT2D eigenvalue weighted by Gasteiger charge is -2.03. The molecular weight excluding hydrogens is 312 g/mol. The first-order valence-corrected chi connectivity index (χ1v) is 7.10. The van der Waals surface area contributed by atoms with Crippen molar-refractivity contribution in [1.29, 1.82) is 0 Å². The van der Waals surface area contributed by atoms with E-state index >= 15 is 0 Å². The predicted molar refractivity (Wildman–Crippen MR) is 90.5 cm³/mol. The molecule has 0 radical (unpaired) electrons. The van der Waals surface area contributed by atoms with E-state index in [4.69, 9.17) is 0 Å². The molecule has 0 bridgehead atoms. The molecule has 0 spiro atoms. The van der Waals surface area contributed by atoms with Gasteiger partial charge in [0.1, 0.15) is 5.75 Å². The lowest BCUT2D eigenvalue weighted by atomic mass is 10.2. The molecule has 24 heavy (non-hydrogen) atoms. The first-order valence-electron chi connectivity index (χ1n) is 7.10. The SMILES string of the molecule is Cn1c(=O)c2c(nc(N/N=C/c3ccc(O)cc3)n2C)n(C)c1=O. The summed E-state index contributed by atoms with van der Waals surface area (Å²) in [7, 11) is 4.65. The van der Waals surface area contributed by atoms with E-state index in [9.17, 15) is 14.7 Å². The molecule has 0 aliphatic rings. The van der Waals surface area contributed by atoms with E-state index in [0.29, 0.717) is 11.5 Å². The first-order chi connectivity index (χ1) is 11.4. The van der Waals surface area contributed by atoms with Crippen LogP contribution in [0.3, 0.4) is 0 Å². The third-order valence-electron chi connectivity index (χ3n) is 3.75. The van der Waals surface area contributed by atoms with Crippen LogP contribution in [0.2, 0.25) is 0 Å². The number of anilines is 1. The number of aromatic nitrogens is 4. The minimum absolute atomic E-state index is 0.173. The molecule has 0 saturated heterocycles. The number of hydrogen-bond donors (Lipinski definition) is 2. The summed E-state index contributed by atoms with van der Waals surface area (Å²) in [4.78, 5) is 28.5. The summed E-state index contributed by atoms with van der Waals surface area (Å²) in [5.74, 6) is 0.505. The number of aryl methyl sites for hydroxylation is 2. The van der Waals surface area contributed by atoms with Crippen molar-refractivity contribution in [3.63, 3.8) is 0 Å². The van der Waals surface area contributed by atoms with Gasteiger partial charge in [-0.1, -0.05) is 0 Å². The maximum absolute atomic E-state index is 12.3. The molecule has 0 atom stereocenters. The molecule has 9 nitrogen and oxygen atoms in total. The largest absolute Gasteiger partial charge is 0.508 e. The highest BCUT2D eigenvalue weighted by Crippen LogP contribution is 2.13. The van der Waals surface area contributed by atoms with Gasteiger partial charge in [0.05, 0.1) is 6.21 Å². The van der Waals surface area contributed by atoms with Gasteiger partial charge in [-0.15, -0.1) is 0 Å². The fourth-order valence-corrected chi connectivity index (χ4v) is 2.34. The summed E-state index contributed by atoms with van der Waals surface area (Å²) in [6.07, 6.45) is 1.55. The molecule has 2 heterocycles. The Morgan fingerprint density at radius 2 is 1.75 bits per heavy atom. The van der Waals surface area contributed by atoms with E-state index in [1.54, 1.807) is 49.1 Å². The molecule has 2 N–H and O–H groups in total. The van der Waals surface area contributed by atoms with E-state index in [2.05, 4.69) is 15.5 Å². The summed E-state index contributed by atoms with van der Waals surface area (Å²) in [6, 6.07) is 6.51. The van der Waals surface area contributed by atoms with Crippen molar-refractivity contribution in [3.8, 4) is 5.75 Å². The highest BCUT2D eigenvalue weighted by atomic mass is 16.3. The summed E-state index contributed by atoms with van der Waals surface area (Å²) < 4.78 is 3.89. The molecule has 3 rings (SSSR count). The van der Waals surface area contributed by atoms with Crippen molar-refractivity contribution in [2.45, 2.75) is 0 Å². The van der Waals surface area contributed by atoms with Gasteiger partial charge in [-0.05, 0) is 29.8 Å². The smallest absolute Gasteiger partial charge is 0.332 e. The number of nitrogens with one attached hydrogen (secondary N) is 1. The van der Waals surface area contributed by atoms with E-state index in [1.807, 2.05) is 0 Å². The number of aromatic hydroxyl groups is 1. The molecule has 0 unspecified atom stereocenters. The molecule has 0 aliphatic heterocycles. The maximum Gasteiger partial charge on any atom is 0.332 e. The maximum atomic E-state index is 12.3. The van der Waals surface area contributed by atoms with Crippen LogP contribution in [-0.2, 0) is 21.1 Å². The third-order valence-corrected chi connectivity index (χ3v) is 3.75. The molecule has 0 saturated carbocycles. The van der Waals surface area contributed by atoms with Crippen molar-refractivity contribution in [3.05, 3.63) is 50.7 Å². The van der Waals surface area contributed by atoms with E-state index in [-0.39, 0.29) is 11.4 Å². The molecule has 1 aromatic carbocycles. The lowest BCUT2D eigenvalue weighted by molar-refractivity contribution is 0.475. The van der Waals surface area contributed by atoms with Gasteiger partial charge in [0, 0.05) is 21.1 Å². The first kappa shape index (κ1) is 15.5. The van der Waals surface area contributed by atoms with E-state index in [1.165, 1.54) is 11.6 Å². The summed E-state index contributed by atoms with van der Waals surface area (Å²) in [5, 5.41) is 13.3. The van der Waals surface area contributed by atoms with Crippen LogP contribution in [0.4, 0.5) is 5.95 Å². The second kappa shape index (κ2) is 5.69. The third kappa shape index (κ3) is 2.45. The summed E-state index contributed by atoms with van der Waals surface area (Å²) in [6.45, 7) is 0. The Bertz CT molecular complexity index is 1060. The number of fused-ring (bicyclic) bond motifs is 1. The molecular formula is C15H16N6O3. The van der Waals surface area contributed by atoms with Crippen LogP contribution in [0.1, 0.15) is 5.56 Å². The molecule has 124 valence electrons. The monoisotopic (exact) mass is 328 g/mol. The van der Waals surface area contributed by atoms with Crippen molar-refractivity contribution in [2.24, 2.45) is 26.2 Å². The van der Waals surface area contributed by atoms with E-state index in [0.717, 1.165) is 10.1 Å². The Kier molecular flexibility index (Phi) is 3.68. The number of rotatable bonds is 3. The van der Waals surface area contributed by atoms with Gasteiger partial charge in [-0.25, -0.2) is 10.2 Å². The number of phenols is 1. The average Bonchev–Trinajstić information content (AvgIpc) is 2.90. The van der Waals surface area contributed by atoms with Gasteiger partial charge in [0.2, 0.25) is 5.95 Å². The quantitative estimate of drug-likeness (QED) is 0.525. The normalized spacial score (nSPS) is 11.5. The molecule has 2 aromatic heterocycles. The second-order valence-corrected chi connectivity index (χ2v) is 5.33. The standard InChI is InChI=1S/C15H16N6O3/c1-19-11-12(20(2)15(24)21(3)13(11)23)17-14(19)18-16-8-9-4-6-10(22)7-5-9/h4-8,22H,1-3H3,(H,17,18)/b16-8+. The van der Waals surface area contributed by atoms with E-state index < -0.39 is 11.2 Å². The number of imidazole rings is 1. The van der Waals surface area contributed by atoms with Gasteiger partial charge in [0.25, 0.3) is 5.56 Å². The fraction of sp³-hybridized carbons (Fsp3) is 0.200. The predicted octanol–water partition coefficient (Wildman–Crippen LogP) is 0.122. The van der Waals surface area contributed by atoms with Gasteiger partial charge in [0.15, 0.2) is 11.2 Å². The number of hydrogen-bond acceptors (Lipinski definition) is 6. The number of phenolic OH excluding ortho intramolecular Hbond substituents is 1. The van der Waals surface area contributed by atoms with Gasteiger partial charge < -0.3 is 9.67 Å². The molecule has 9 heteroatoms. The zero-order valence-corrected chi connectivity index (χ0v) is 13.4. The van der Waals surface area contributed by atoms with Gasteiger partial charge >= 0.3 is 5.69 Å². The topological polar surface area (TPSA) is 106 Å². The molecule has 0 amide bonds. The zero-order chi connectivity index (χ0) is 17.4. The number of hydrazone groups is 1. The fourth-order valence-electron chi connectivity index (χ4n) is 2.34. The molecule has 0 fully saturated rings. The Labute approximate surface area is 136 Å². The van der Waals surface area contributed by atoms with Crippen molar-refractivity contribution < 1.29 is 5.11 Å². The second-order valence-electron chi connectivity index (χ2n) is 5.33. The Hall–Kier alpha value is -3.36. The Morgan fingerprint density at radius 3 is 2.42 bits per heavy atom. The van der Waals surface area contributed by atoms with Crippen molar-refractivity contribution >= 4 is 23.3 Å². The van der Waals surface area contributed by atoms with Crippen LogP contribution < -0.4 is 16.7 Å². The summed E-state index contributed by atoms with van der Waals surface area (Å²) in [5.41, 5.74) is 3.27.